The molecule has 114 valence electrons. The topological polar surface area (TPSA) is 29.5 Å². The first-order valence-corrected chi connectivity index (χ1v) is 8.23. The lowest BCUT2D eigenvalue weighted by molar-refractivity contribution is 0.257. The van der Waals surface area contributed by atoms with Crippen LogP contribution in [0.2, 0.25) is 5.02 Å². The molecule has 1 N–H and O–H groups in total. The normalized spacial score (nSPS) is 30.9. The van der Waals surface area contributed by atoms with Gasteiger partial charge in [0.25, 0.3) is 0 Å². The van der Waals surface area contributed by atoms with Crippen molar-refractivity contribution in [2.45, 2.75) is 43.4 Å². The molecule has 2 bridgehead atoms. The van der Waals surface area contributed by atoms with Crippen molar-refractivity contribution in [2.24, 2.45) is 5.92 Å². The monoisotopic (exact) mass is 326 g/mol. The average Bonchev–Trinajstić information content (AvgIpc) is 2.45. The molecule has 0 aromatic heterocycles. The van der Waals surface area contributed by atoms with Crippen molar-refractivity contribution in [2.75, 3.05) is 7.11 Å². The Hall–Kier alpha value is -0.860. The molecule has 1 aromatic rings. The number of hydrogen-bond donors (Lipinski definition) is 1. The Balaban J connectivity index is 1.99. The molecule has 1 aromatic carbocycles. The Bertz CT molecular complexity index is 582. The maximum absolute atomic E-state index is 9.83. The number of hydrogen-bond acceptors (Lipinski definition) is 2. The van der Waals surface area contributed by atoms with Crippen LogP contribution >= 0.6 is 23.2 Å². The van der Waals surface area contributed by atoms with Gasteiger partial charge in [0.2, 0.25) is 0 Å². The van der Waals surface area contributed by atoms with Gasteiger partial charge in [0.05, 0.1) is 12.1 Å². The van der Waals surface area contributed by atoms with Crippen LogP contribution in [0.5, 0.6) is 5.75 Å². The fourth-order valence-corrected chi connectivity index (χ4v) is 4.32. The molecule has 2 atom stereocenters. The minimum absolute atomic E-state index is 0.00654. The number of benzene rings is 1. The number of rotatable bonds is 2. The number of ether oxygens (including phenoxy) is 1. The second-order valence-corrected chi connectivity index (χ2v) is 7.38. The summed E-state index contributed by atoms with van der Waals surface area (Å²) in [6.45, 7) is 0. The largest absolute Gasteiger partial charge is 0.506 e. The van der Waals surface area contributed by atoms with Crippen LogP contribution in [0.15, 0.2) is 23.8 Å². The third kappa shape index (κ3) is 2.89. The number of allylic oxidation sites excluding steroid dienone is 1. The van der Waals surface area contributed by atoms with Crippen molar-refractivity contribution < 1.29 is 9.84 Å². The van der Waals surface area contributed by atoms with Crippen molar-refractivity contribution in [1.82, 2.24) is 0 Å². The summed E-state index contributed by atoms with van der Waals surface area (Å²) < 4.78 is 5.68. The summed E-state index contributed by atoms with van der Waals surface area (Å²) in [5.74, 6) is 1.47. The van der Waals surface area contributed by atoms with Crippen LogP contribution in [0.25, 0.3) is 5.76 Å². The number of halogens is 2. The number of aromatic hydroxyl groups is 1. The molecule has 2 unspecified atom stereocenters. The predicted molar refractivity (Wildman–Crippen MR) is 86.8 cm³/mol. The van der Waals surface area contributed by atoms with Crippen LogP contribution < -0.4 is 0 Å². The fourth-order valence-electron chi connectivity index (χ4n) is 3.79. The Morgan fingerprint density at radius 1 is 1.38 bits per heavy atom. The Kier molecular flexibility index (Phi) is 4.11. The highest BCUT2D eigenvalue weighted by Gasteiger charge is 2.41. The van der Waals surface area contributed by atoms with Crippen molar-refractivity contribution in [3.63, 3.8) is 0 Å². The number of methoxy groups -OCH3 is 1. The summed E-state index contributed by atoms with van der Waals surface area (Å²) in [7, 11) is 1.69. The van der Waals surface area contributed by atoms with E-state index in [1.54, 1.807) is 19.2 Å². The van der Waals surface area contributed by atoms with E-state index in [9.17, 15) is 5.11 Å². The maximum Gasteiger partial charge on any atom is 0.134 e. The summed E-state index contributed by atoms with van der Waals surface area (Å²) in [4.78, 5) is -0.00654. The predicted octanol–water partition coefficient (Wildman–Crippen LogP) is 5.36. The van der Waals surface area contributed by atoms with E-state index in [0.29, 0.717) is 10.9 Å². The molecule has 0 aliphatic heterocycles. The number of alkyl halides is 1. The van der Waals surface area contributed by atoms with Gasteiger partial charge in [0, 0.05) is 10.4 Å². The van der Waals surface area contributed by atoms with Gasteiger partial charge in [-0.25, -0.2) is 0 Å². The van der Waals surface area contributed by atoms with Crippen LogP contribution in [-0.2, 0) is 4.74 Å². The van der Waals surface area contributed by atoms with Crippen molar-refractivity contribution >= 4 is 29.0 Å². The summed E-state index contributed by atoms with van der Waals surface area (Å²) in [5, 5.41) is 10.2. The van der Waals surface area contributed by atoms with Gasteiger partial charge in [-0.3, -0.25) is 0 Å². The third-order valence-electron chi connectivity index (χ3n) is 4.83. The van der Waals surface area contributed by atoms with E-state index >= 15 is 0 Å². The molecule has 2 fully saturated rings. The van der Waals surface area contributed by atoms with Crippen molar-refractivity contribution in [3.8, 4) is 5.75 Å². The summed E-state index contributed by atoms with van der Waals surface area (Å²) in [5.41, 5.74) is 2.23. The van der Waals surface area contributed by atoms with E-state index in [-0.39, 0.29) is 10.6 Å². The van der Waals surface area contributed by atoms with Gasteiger partial charge in [-0.2, -0.15) is 0 Å². The Morgan fingerprint density at radius 3 is 2.90 bits per heavy atom. The van der Waals surface area contributed by atoms with E-state index < -0.39 is 0 Å². The summed E-state index contributed by atoms with van der Waals surface area (Å²) >= 11 is 12.6. The molecule has 2 saturated carbocycles. The molecular formula is C17H20Cl2O2. The number of phenolic OH excluding ortho intramolecular Hbond substituents is 1. The molecule has 0 amide bonds. The Morgan fingerprint density at radius 2 is 2.19 bits per heavy atom. The third-order valence-corrected chi connectivity index (χ3v) is 5.68. The van der Waals surface area contributed by atoms with Crippen molar-refractivity contribution in [3.05, 3.63) is 34.4 Å². The minimum atomic E-state index is -0.00654. The second kappa shape index (κ2) is 5.73. The van der Waals surface area contributed by atoms with Gasteiger partial charge in [-0.15, -0.1) is 11.6 Å². The van der Waals surface area contributed by atoms with Crippen LogP contribution in [-0.4, -0.2) is 17.1 Å². The lowest BCUT2D eigenvalue weighted by Crippen LogP contribution is -2.35. The fraction of sp³-hybridized carbons (Fsp3) is 0.529. The first-order valence-electron chi connectivity index (χ1n) is 7.47. The zero-order valence-corrected chi connectivity index (χ0v) is 13.7. The highest BCUT2D eigenvalue weighted by atomic mass is 35.5. The first kappa shape index (κ1) is 15.1. The molecule has 0 spiro atoms. The molecule has 0 radical (unpaired) electrons. The van der Waals surface area contributed by atoms with E-state index in [0.717, 1.165) is 37.0 Å². The smallest absolute Gasteiger partial charge is 0.134 e. The maximum atomic E-state index is 9.83. The second-order valence-electron chi connectivity index (χ2n) is 6.17. The highest BCUT2D eigenvalue weighted by Crippen LogP contribution is 2.51. The molecule has 0 heterocycles. The van der Waals surface area contributed by atoms with Gasteiger partial charge in [0.1, 0.15) is 11.5 Å². The summed E-state index contributed by atoms with van der Waals surface area (Å²) in [6.07, 6.45) is 6.50. The first-order chi connectivity index (χ1) is 10.0. The van der Waals surface area contributed by atoms with Crippen LogP contribution in [0.1, 0.15) is 44.1 Å². The van der Waals surface area contributed by atoms with Gasteiger partial charge in [0.15, 0.2) is 0 Å². The van der Waals surface area contributed by atoms with Gasteiger partial charge < -0.3 is 9.84 Å². The molecule has 2 nitrogen and oxygen atoms in total. The molecule has 3 rings (SSSR count). The van der Waals surface area contributed by atoms with Crippen LogP contribution in [0.4, 0.5) is 0 Å². The molecule has 0 saturated heterocycles. The molecule has 4 heteroatoms. The Labute approximate surface area is 135 Å². The zero-order chi connectivity index (χ0) is 15.0. The molecule has 2 aliphatic carbocycles. The lowest BCUT2D eigenvalue weighted by Gasteiger charge is -2.43. The van der Waals surface area contributed by atoms with Gasteiger partial charge >= 0.3 is 0 Å². The lowest BCUT2D eigenvalue weighted by atomic mass is 9.68. The number of fused-ring (bicyclic) bond motifs is 2. The standard InChI is InChI=1S/C17H20Cl2O2/c1-21-16(11-4-5-14(18)15(20)9-11)13-6-8-17(19)7-2-3-12(13)10-17/h4-5,9,12,20H,2-3,6-8,10H2,1H3. The highest BCUT2D eigenvalue weighted by molar-refractivity contribution is 6.32. The van der Waals surface area contributed by atoms with Gasteiger partial charge in [-0.05, 0) is 61.8 Å². The van der Waals surface area contributed by atoms with Crippen LogP contribution in [0.3, 0.4) is 0 Å². The van der Waals surface area contributed by atoms with Gasteiger partial charge in [-0.1, -0.05) is 18.0 Å². The molecular weight excluding hydrogens is 307 g/mol. The van der Waals surface area contributed by atoms with Crippen molar-refractivity contribution in [1.29, 1.82) is 0 Å². The quantitative estimate of drug-likeness (QED) is 0.585. The van der Waals surface area contributed by atoms with E-state index in [2.05, 4.69) is 0 Å². The summed E-state index contributed by atoms with van der Waals surface area (Å²) in [6, 6.07) is 5.29. The molecule has 2 aliphatic rings. The number of phenols is 1. The van der Waals surface area contributed by atoms with E-state index in [1.165, 1.54) is 18.4 Å². The minimum Gasteiger partial charge on any atom is -0.506 e. The average molecular weight is 327 g/mol. The van der Waals surface area contributed by atoms with E-state index in [4.69, 9.17) is 27.9 Å². The molecule has 21 heavy (non-hydrogen) atoms. The van der Waals surface area contributed by atoms with Crippen LogP contribution in [0, 0.1) is 5.92 Å². The van der Waals surface area contributed by atoms with E-state index in [1.807, 2.05) is 6.07 Å². The SMILES string of the molecule is COC(=C1CCC2(Cl)CCCC1C2)c1ccc(Cl)c(O)c1. The zero-order valence-electron chi connectivity index (χ0n) is 12.2.